The fourth-order valence-corrected chi connectivity index (χ4v) is 1.23. The van der Waals surface area contributed by atoms with Crippen molar-refractivity contribution in [3.05, 3.63) is 34.1 Å². The highest BCUT2D eigenvalue weighted by atomic mass is 79.9. The molecule has 1 nitrogen and oxygen atoms in total. The summed E-state index contributed by atoms with van der Waals surface area (Å²) in [6.45, 7) is 3.00. The molecule has 1 aromatic carbocycles. The first-order chi connectivity index (χ1) is 5.74. The third-order valence-corrected chi connectivity index (χ3v) is 2.24. The average molecular weight is 233 g/mol. The van der Waals surface area contributed by atoms with Gasteiger partial charge in [-0.05, 0) is 30.7 Å². The summed E-state index contributed by atoms with van der Waals surface area (Å²) < 4.78 is 18.7. The van der Waals surface area contributed by atoms with Crippen LogP contribution in [0, 0.1) is 5.82 Å². The topological polar surface area (TPSA) is 9.23 Å². The smallest absolute Gasteiger partial charge is 0.123 e. The molecule has 0 aliphatic heterocycles. The number of halogens is 2. The van der Waals surface area contributed by atoms with Crippen LogP contribution in [0.25, 0.3) is 0 Å². The molecule has 0 fully saturated rings. The zero-order chi connectivity index (χ0) is 8.97. The van der Waals surface area contributed by atoms with E-state index < -0.39 is 0 Å². The standard InChI is InChI=1S/C9H10BrFO/c1-2-12-6-7-5-8(11)3-4-9(7)10/h3-5H,2,6H2,1H3. The van der Waals surface area contributed by atoms with Crippen LogP contribution in [0.5, 0.6) is 0 Å². The van der Waals surface area contributed by atoms with E-state index in [1.165, 1.54) is 12.1 Å². The normalized spacial score (nSPS) is 10.2. The Kier molecular flexibility index (Phi) is 3.69. The van der Waals surface area contributed by atoms with Crippen LogP contribution in [0.15, 0.2) is 22.7 Å². The van der Waals surface area contributed by atoms with Gasteiger partial charge in [0.25, 0.3) is 0 Å². The molecule has 1 rings (SSSR count). The summed E-state index contributed by atoms with van der Waals surface area (Å²) in [6, 6.07) is 4.57. The fourth-order valence-electron chi connectivity index (χ4n) is 0.866. The Hall–Kier alpha value is -0.410. The molecular weight excluding hydrogens is 223 g/mol. The summed E-state index contributed by atoms with van der Waals surface area (Å²) in [5.41, 5.74) is 0.844. The molecule has 0 saturated heterocycles. The van der Waals surface area contributed by atoms with Crippen molar-refractivity contribution >= 4 is 15.9 Å². The Balaban J connectivity index is 2.75. The van der Waals surface area contributed by atoms with Gasteiger partial charge < -0.3 is 4.74 Å². The van der Waals surface area contributed by atoms with Gasteiger partial charge in [0, 0.05) is 11.1 Å². The lowest BCUT2D eigenvalue weighted by atomic mass is 10.2. The molecule has 0 heterocycles. The molecule has 0 saturated carbocycles. The molecule has 12 heavy (non-hydrogen) atoms. The summed E-state index contributed by atoms with van der Waals surface area (Å²) in [7, 11) is 0. The van der Waals surface area contributed by atoms with Crippen molar-refractivity contribution < 1.29 is 9.13 Å². The van der Waals surface area contributed by atoms with Gasteiger partial charge in [0.1, 0.15) is 5.82 Å². The van der Waals surface area contributed by atoms with E-state index in [2.05, 4.69) is 15.9 Å². The largest absolute Gasteiger partial charge is 0.377 e. The minimum absolute atomic E-state index is 0.229. The molecule has 0 aromatic heterocycles. The van der Waals surface area contributed by atoms with Crippen molar-refractivity contribution in [2.45, 2.75) is 13.5 Å². The molecular formula is C9H10BrFO. The second-order valence-electron chi connectivity index (χ2n) is 2.37. The zero-order valence-corrected chi connectivity index (χ0v) is 8.40. The quantitative estimate of drug-likeness (QED) is 0.779. The van der Waals surface area contributed by atoms with Crippen molar-refractivity contribution in [2.24, 2.45) is 0 Å². The highest BCUT2D eigenvalue weighted by Crippen LogP contribution is 2.18. The number of benzene rings is 1. The van der Waals surface area contributed by atoms with Crippen LogP contribution in [-0.2, 0) is 11.3 Å². The van der Waals surface area contributed by atoms with Gasteiger partial charge in [-0.25, -0.2) is 4.39 Å². The monoisotopic (exact) mass is 232 g/mol. The van der Waals surface area contributed by atoms with Crippen molar-refractivity contribution in [3.8, 4) is 0 Å². The van der Waals surface area contributed by atoms with Crippen LogP contribution in [0.2, 0.25) is 0 Å². The van der Waals surface area contributed by atoms with E-state index in [-0.39, 0.29) is 5.82 Å². The summed E-state index contributed by atoms with van der Waals surface area (Å²) in [5, 5.41) is 0. The van der Waals surface area contributed by atoms with Crippen LogP contribution in [0.3, 0.4) is 0 Å². The van der Waals surface area contributed by atoms with Crippen LogP contribution in [0.4, 0.5) is 4.39 Å². The molecule has 1 aromatic rings. The van der Waals surface area contributed by atoms with E-state index in [9.17, 15) is 4.39 Å². The van der Waals surface area contributed by atoms with Crippen LogP contribution in [-0.4, -0.2) is 6.61 Å². The third kappa shape index (κ3) is 2.57. The Morgan fingerprint density at radius 3 is 2.92 bits per heavy atom. The van der Waals surface area contributed by atoms with E-state index in [4.69, 9.17) is 4.74 Å². The molecule has 0 amide bonds. The van der Waals surface area contributed by atoms with Crippen LogP contribution < -0.4 is 0 Å². The first-order valence-electron chi connectivity index (χ1n) is 3.75. The molecule has 0 radical (unpaired) electrons. The minimum atomic E-state index is -0.229. The molecule has 3 heteroatoms. The van der Waals surface area contributed by atoms with E-state index in [1.54, 1.807) is 6.07 Å². The maximum Gasteiger partial charge on any atom is 0.123 e. The summed E-state index contributed by atoms with van der Waals surface area (Å²) in [4.78, 5) is 0. The van der Waals surface area contributed by atoms with E-state index >= 15 is 0 Å². The minimum Gasteiger partial charge on any atom is -0.377 e. The van der Waals surface area contributed by atoms with Gasteiger partial charge in [-0.1, -0.05) is 15.9 Å². The lowest BCUT2D eigenvalue weighted by Gasteiger charge is -2.03. The second kappa shape index (κ2) is 4.58. The Bertz CT molecular complexity index is 263. The van der Waals surface area contributed by atoms with Gasteiger partial charge in [0.15, 0.2) is 0 Å². The van der Waals surface area contributed by atoms with Gasteiger partial charge >= 0.3 is 0 Å². The van der Waals surface area contributed by atoms with E-state index in [0.29, 0.717) is 13.2 Å². The maximum absolute atomic E-state index is 12.7. The van der Waals surface area contributed by atoms with Gasteiger partial charge in [-0.15, -0.1) is 0 Å². The van der Waals surface area contributed by atoms with Crippen molar-refractivity contribution in [1.82, 2.24) is 0 Å². The Labute approximate surface area is 79.7 Å². The highest BCUT2D eigenvalue weighted by Gasteiger charge is 2.00. The Morgan fingerprint density at radius 1 is 1.50 bits per heavy atom. The zero-order valence-electron chi connectivity index (χ0n) is 6.81. The van der Waals surface area contributed by atoms with Gasteiger partial charge in [-0.2, -0.15) is 0 Å². The molecule has 0 atom stereocenters. The Morgan fingerprint density at radius 2 is 2.25 bits per heavy atom. The lowest BCUT2D eigenvalue weighted by molar-refractivity contribution is 0.133. The molecule has 0 aliphatic carbocycles. The maximum atomic E-state index is 12.7. The molecule has 0 aliphatic rings. The second-order valence-corrected chi connectivity index (χ2v) is 3.23. The van der Waals surface area contributed by atoms with Gasteiger partial charge in [0.05, 0.1) is 6.61 Å². The first-order valence-corrected chi connectivity index (χ1v) is 4.55. The molecule has 0 bridgehead atoms. The third-order valence-electron chi connectivity index (χ3n) is 1.47. The van der Waals surface area contributed by atoms with E-state index in [0.717, 1.165) is 10.0 Å². The van der Waals surface area contributed by atoms with Gasteiger partial charge in [0.2, 0.25) is 0 Å². The van der Waals surface area contributed by atoms with Crippen molar-refractivity contribution in [1.29, 1.82) is 0 Å². The fraction of sp³-hybridized carbons (Fsp3) is 0.333. The number of hydrogen-bond donors (Lipinski definition) is 0. The van der Waals surface area contributed by atoms with Crippen molar-refractivity contribution in [3.63, 3.8) is 0 Å². The SMILES string of the molecule is CCOCc1cc(F)ccc1Br. The molecule has 0 spiro atoms. The first kappa shape index (κ1) is 9.68. The van der Waals surface area contributed by atoms with Crippen molar-refractivity contribution in [2.75, 3.05) is 6.61 Å². The van der Waals surface area contributed by atoms with E-state index in [1.807, 2.05) is 6.92 Å². The summed E-state index contributed by atoms with van der Waals surface area (Å²) in [6.07, 6.45) is 0. The predicted molar refractivity (Wildman–Crippen MR) is 49.4 cm³/mol. The predicted octanol–water partition coefficient (Wildman–Crippen LogP) is 3.12. The summed E-state index contributed by atoms with van der Waals surface area (Å²) in [5.74, 6) is -0.229. The molecule has 0 N–H and O–H groups in total. The number of ether oxygens (including phenoxy) is 1. The number of rotatable bonds is 3. The highest BCUT2D eigenvalue weighted by molar-refractivity contribution is 9.10. The summed E-state index contributed by atoms with van der Waals surface area (Å²) >= 11 is 3.31. The average Bonchev–Trinajstić information content (AvgIpc) is 2.07. The molecule has 66 valence electrons. The molecule has 0 unspecified atom stereocenters. The van der Waals surface area contributed by atoms with Crippen LogP contribution in [0.1, 0.15) is 12.5 Å². The van der Waals surface area contributed by atoms with Crippen LogP contribution >= 0.6 is 15.9 Å². The lowest BCUT2D eigenvalue weighted by Crippen LogP contribution is -1.93. The van der Waals surface area contributed by atoms with Gasteiger partial charge in [-0.3, -0.25) is 0 Å². The number of hydrogen-bond acceptors (Lipinski definition) is 1.